The van der Waals surface area contributed by atoms with Crippen molar-refractivity contribution in [3.63, 3.8) is 0 Å². The molecule has 0 saturated carbocycles. The minimum Gasteiger partial charge on any atom is -0.367 e. The molecule has 0 amide bonds. The predicted molar refractivity (Wildman–Crippen MR) is 126 cm³/mol. The van der Waals surface area contributed by atoms with Crippen LogP contribution in [0, 0.1) is 5.82 Å². The molecule has 0 spiro atoms. The van der Waals surface area contributed by atoms with Crippen molar-refractivity contribution in [1.82, 2.24) is 25.3 Å². The van der Waals surface area contributed by atoms with Crippen LogP contribution in [0.1, 0.15) is 25.3 Å². The molecule has 1 saturated heterocycles. The fourth-order valence-electron chi connectivity index (χ4n) is 4.08. The van der Waals surface area contributed by atoms with Crippen molar-refractivity contribution < 1.29 is 4.39 Å². The van der Waals surface area contributed by atoms with Gasteiger partial charge in [-0.05, 0) is 36.2 Å². The smallest absolute Gasteiger partial charge is 0.161 e. The monoisotopic (exact) mass is 431 g/mol. The first kappa shape index (κ1) is 20.4. The SMILES string of the molecule is CC(C)c1cnc(-c2ccc(F)cc2)nc1Nc1ccnc2[nH]cc(N3CCNCC3)c12. The van der Waals surface area contributed by atoms with E-state index in [4.69, 9.17) is 4.98 Å². The molecule has 32 heavy (non-hydrogen) atoms. The van der Waals surface area contributed by atoms with Crippen molar-refractivity contribution in [2.75, 3.05) is 36.4 Å². The van der Waals surface area contributed by atoms with Crippen LogP contribution in [0.5, 0.6) is 0 Å². The molecule has 3 aromatic heterocycles. The van der Waals surface area contributed by atoms with E-state index in [1.165, 1.54) is 12.1 Å². The molecule has 164 valence electrons. The molecule has 0 bridgehead atoms. The highest BCUT2D eigenvalue weighted by Gasteiger charge is 2.19. The fraction of sp³-hybridized carbons (Fsp3) is 0.292. The third-order valence-corrected chi connectivity index (χ3v) is 5.80. The lowest BCUT2D eigenvalue weighted by molar-refractivity contribution is 0.590. The van der Waals surface area contributed by atoms with E-state index in [-0.39, 0.29) is 11.7 Å². The Bertz CT molecular complexity index is 1230. The number of hydrogen-bond donors (Lipinski definition) is 3. The Morgan fingerprint density at radius 3 is 2.59 bits per heavy atom. The van der Waals surface area contributed by atoms with Gasteiger partial charge in [-0.15, -0.1) is 0 Å². The van der Waals surface area contributed by atoms with Gasteiger partial charge in [0.15, 0.2) is 5.82 Å². The van der Waals surface area contributed by atoms with E-state index < -0.39 is 0 Å². The molecule has 0 atom stereocenters. The number of nitrogens with one attached hydrogen (secondary N) is 3. The molecule has 3 N–H and O–H groups in total. The summed E-state index contributed by atoms with van der Waals surface area (Å²) >= 11 is 0. The van der Waals surface area contributed by atoms with Crippen molar-refractivity contribution in [2.45, 2.75) is 19.8 Å². The van der Waals surface area contributed by atoms with E-state index in [1.807, 2.05) is 18.5 Å². The topological polar surface area (TPSA) is 81.8 Å². The molecule has 4 aromatic rings. The van der Waals surface area contributed by atoms with Crippen LogP contribution in [0.15, 0.2) is 48.9 Å². The van der Waals surface area contributed by atoms with Gasteiger partial charge in [-0.3, -0.25) is 0 Å². The molecule has 5 rings (SSSR count). The number of nitrogens with zero attached hydrogens (tertiary/aromatic N) is 4. The van der Waals surface area contributed by atoms with Gasteiger partial charge in [-0.2, -0.15) is 0 Å². The fourth-order valence-corrected chi connectivity index (χ4v) is 4.08. The first-order chi connectivity index (χ1) is 15.6. The van der Waals surface area contributed by atoms with Crippen LogP contribution >= 0.6 is 0 Å². The number of hydrogen-bond acceptors (Lipinski definition) is 6. The van der Waals surface area contributed by atoms with Crippen molar-refractivity contribution >= 4 is 28.2 Å². The number of fused-ring (bicyclic) bond motifs is 1. The van der Waals surface area contributed by atoms with Gasteiger partial charge in [0.05, 0.1) is 16.8 Å². The average molecular weight is 432 g/mol. The second kappa shape index (κ2) is 8.55. The maximum Gasteiger partial charge on any atom is 0.161 e. The van der Waals surface area contributed by atoms with Gasteiger partial charge in [0.2, 0.25) is 0 Å². The summed E-state index contributed by atoms with van der Waals surface area (Å²) in [6.07, 6.45) is 5.67. The van der Waals surface area contributed by atoms with Gasteiger partial charge < -0.3 is 20.5 Å². The van der Waals surface area contributed by atoms with E-state index in [0.29, 0.717) is 5.82 Å². The van der Waals surface area contributed by atoms with Gasteiger partial charge in [0.25, 0.3) is 0 Å². The number of halogens is 1. The molecule has 8 heteroatoms. The van der Waals surface area contributed by atoms with Crippen molar-refractivity contribution in [3.05, 3.63) is 60.3 Å². The summed E-state index contributed by atoms with van der Waals surface area (Å²) in [5.41, 5.74) is 4.70. The Labute approximate surface area is 186 Å². The summed E-state index contributed by atoms with van der Waals surface area (Å²) in [7, 11) is 0. The number of pyridine rings is 1. The van der Waals surface area contributed by atoms with Crippen LogP contribution in [0.3, 0.4) is 0 Å². The van der Waals surface area contributed by atoms with E-state index in [0.717, 1.165) is 65.5 Å². The molecular weight excluding hydrogens is 405 g/mol. The number of aromatic nitrogens is 4. The van der Waals surface area contributed by atoms with Gasteiger partial charge in [-0.25, -0.2) is 19.3 Å². The van der Waals surface area contributed by atoms with Gasteiger partial charge in [0.1, 0.15) is 17.3 Å². The van der Waals surface area contributed by atoms with Crippen LogP contribution < -0.4 is 15.5 Å². The zero-order valence-corrected chi connectivity index (χ0v) is 18.2. The maximum absolute atomic E-state index is 13.4. The van der Waals surface area contributed by atoms with Crippen LogP contribution in [-0.4, -0.2) is 46.1 Å². The standard InChI is InChI=1S/C24H26FN7/c1-15(2)18-13-28-22(16-3-5-17(25)6-4-16)31-23(18)30-19-7-8-27-24-21(19)20(14-29-24)32-11-9-26-10-12-32/h3-8,13-15,26H,9-12H2,1-2H3,(H2,27,28,29,30,31). The van der Waals surface area contributed by atoms with Crippen molar-refractivity contribution in [1.29, 1.82) is 0 Å². The van der Waals surface area contributed by atoms with Crippen LogP contribution in [-0.2, 0) is 0 Å². The quantitative estimate of drug-likeness (QED) is 0.434. The Balaban J connectivity index is 1.57. The maximum atomic E-state index is 13.4. The molecule has 1 fully saturated rings. The first-order valence-electron chi connectivity index (χ1n) is 10.9. The first-order valence-corrected chi connectivity index (χ1v) is 10.9. The zero-order valence-electron chi connectivity index (χ0n) is 18.2. The van der Waals surface area contributed by atoms with Crippen LogP contribution in [0.4, 0.5) is 21.6 Å². The Hall–Kier alpha value is -3.52. The third kappa shape index (κ3) is 3.89. The summed E-state index contributed by atoms with van der Waals surface area (Å²) in [6.45, 7) is 8.04. The summed E-state index contributed by atoms with van der Waals surface area (Å²) in [5.74, 6) is 1.25. The molecule has 7 nitrogen and oxygen atoms in total. The molecule has 4 heterocycles. The number of H-pyrrole nitrogens is 1. The second-order valence-electron chi connectivity index (χ2n) is 8.28. The van der Waals surface area contributed by atoms with Gasteiger partial charge in [-0.1, -0.05) is 13.8 Å². The van der Waals surface area contributed by atoms with E-state index >= 15 is 0 Å². The number of rotatable bonds is 5. The van der Waals surface area contributed by atoms with Gasteiger partial charge in [0, 0.05) is 55.9 Å². The lowest BCUT2D eigenvalue weighted by Crippen LogP contribution is -2.43. The predicted octanol–water partition coefficient (Wildman–Crippen LogP) is 4.44. The van der Waals surface area contributed by atoms with Crippen LogP contribution in [0.25, 0.3) is 22.4 Å². The van der Waals surface area contributed by atoms with Crippen LogP contribution in [0.2, 0.25) is 0 Å². The minimum absolute atomic E-state index is 0.232. The lowest BCUT2D eigenvalue weighted by atomic mass is 10.1. The number of aromatic amines is 1. The highest BCUT2D eigenvalue weighted by atomic mass is 19.1. The van der Waals surface area contributed by atoms with Crippen molar-refractivity contribution in [2.24, 2.45) is 0 Å². The highest BCUT2D eigenvalue weighted by Crippen LogP contribution is 2.35. The Morgan fingerprint density at radius 2 is 1.84 bits per heavy atom. The molecule has 0 aliphatic carbocycles. The molecule has 1 aliphatic heterocycles. The zero-order chi connectivity index (χ0) is 22.1. The number of anilines is 3. The molecule has 1 aromatic carbocycles. The normalized spacial score (nSPS) is 14.3. The highest BCUT2D eigenvalue weighted by molar-refractivity contribution is 6.01. The Morgan fingerprint density at radius 1 is 1.06 bits per heavy atom. The largest absolute Gasteiger partial charge is 0.367 e. The van der Waals surface area contributed by atoms with E-state index in [1.54, 1.807) is 18.3 Å². The average Bonchev–Trinajstić information content (AvgIpc) is 3.25. The summed E-state index contributed by atoms with van der Waals surface area (Å²) in [6, 6.07) is 8.22. The second-order valence-corrected chi connectivity index (χ2v) is 8.28. The molecular formula is C24H26FN7. The van der Waals surface area contributed by atoms with E-state index in [2.05, 4.69) is 44.3 Å². The molecule has 1 aliphatic rings. The lowest BCUT2D eigenvalue weighted by Gasteiger charge is -2.29. The van der Waals surface area contributed by atoms with Gasteiger partial charge >= 0.3 is 0 Å². The summed E-state index contributed by atoms with van der Waals surface area (Å²) < 4.78 is 13.4. The van der Waals surface area contributed by atoms with Crippen molar-refractivity contribution in [3.8, 4) is 11.4 Å². The molecule has 0 unspecified atom stereocenters. The number of benzene rings is 1. The minimum atomic E-state index is -0.280. The summed E-state index contributed by atoms with van der Waals surface area (Å²) in [4.78, 5) is 19.6. The van der Waals surface area contributed by atoms with E-state index in [9.17, 15) is 4.39 Å². The number of piperazine rings is 1. The molecule has 0 radical (unpaired) electrons. The summed E-state index contributed by atoms with van der Waals surface area (Å²) in [5, 5.41) is 8.00. The third-order valence-electron chi connectivity index (χ3n) is 5.80. The Kier molecular flexibility index (Phi) is 5.45.